The zero-order chi connectivity index (χ0) is 22.7. The van der Waals surface area contributed by atoms with Crippen molar-refractivity contribution in [2.45, 2.75) is 6.42 Å². The van der Waals surface area contributed by atoms with Crippen LogP contribution in [0.25, 0.3) is 0 Å². The number of para-hydroxylation sites is 1. The van der Waals surface area contributed by atoms with Crippen LogP contribution in [0, 0.1) is 0 Å². The van der Waals surface area contributed by atoms with Gasteiger partial charge in [0.05, 0.1) is 26.9 Å². The van der Waals surface area contributed by atoms with Gasteiger partial charge in [-0.05, 0) is 42.3 Å². The van der Waals surface area contributed by atoms with Crippen LogP contribution in [-0.2, 0) is 6.42 Å². The molecule has 0 unspecified atom stereocenters. The molecule has 7 heteroatoms. The number of rotatable bonds is 6. The molecule has 7 nitrogen and oxygen atoms in total. The summed E-state index contributed by atoms with van der Waals surface area (Å²) in [4.78, 5) is 27.6. The number of methoxy groups -OCH3 is 3. The highest BCUT2D eigenvalue weighted by Gasteiger charge is 2.25. The van der Waals surface area contributed by atoms with E-state index in [1.165, 1.54) is 26.9 Å². The second-order valence-corrected chi connectivity index (χ2v) is 7.27. The Morgan fingerprint density at radius 1 is 0.844 bits per heavy atom. The second kappa shape index (κ2) is 9.01. The Bertz CT molecular complexity index is 1160. The van der Waals surface area contributed by atoms with Crippen molar-refractivity contribution in [1.29, 1.82) is 0 Å². The predicted molar refractivity (Wildman–Crippen MR) is 122 cm³/mol. The van der Waals surface area contributed by atoms with Crippen LogP contribution >= 0.6 is 0 Å². The molecule has 32 heavy (non-hydrogen) atoms. The minimum absolute atomic E-state index is 0.0608. The molecule has 0 aliphatic carbocycles. The molecule has 1 aliphatic heterocycles. The van der Waals surface area contributed by atoms with Crippen LogP contribution in [0.4, 0.5) is 11.4 Å². The maximum Gasteiger partial charge on any atom is 0.259 e. The predicted octanol–water partition coefficient (Wildman–Crippen LogP) is 4.17. The monoisotopic (exact) mass is 432 g/mol. The van der Waals surface area contributed by atoms with Crippen molar-refractivity contribution in [3.63, 3.8) is 0 Å². The number of anilines is 2. The van der Waals surface area contributed by atoms with Crippen LogP contribution in [0.5, 0.6) is 17.2 Å². The molecule has 0 bridgehead atoms. The summed E-state index contributed by atoms with van der Waals surface area (Å²) in [6.07, 6.45) is 0.850. The molecule has 1 N–H and O–H groups in total. The fourth-order valence-electron chi connectivity index (χ4n) is 3.81. The largest absolute Gasteiger partial charge is 0.496 e. The zero-order valence-electron chi connectivity index (χ0n) is 18.2. The highest BCUT2D eigenvalue weighted by Crippen LogP contribution is 2.35. The van der Waals surface area contributed by atoms with E-state index in [2.05, 4.69) is 5.32 Å². The molecule has 3 aromatic carbocycles. The standard InChI is InChI=1S/C25H24N2O5/c1-30-21-15-23(32-3)22(31-2)14-19(21)24(28)26-18-10-8-17(9-11-18)25(29)27-13-12-16-6-4-5-7-20(16)27/h4-11,14-15H,12-13H2,1-3H3,(H,26,28). The molecule has 1 aliphatic rings. The quantitative estimate of drug-likeness (QED) is 0.633. The van der Waals surface area contributed by atoms with Crippen molar-refractivity contribution in [3.05, 3.63) is 77.4 Å². The smallest absolute Gasteiger partial charge is 0.259 e. The van der Waals surface area contributed by atoms with Crippen LogP contribution in [0.15, 0.2) is 60.7 Å². The molecule has 3 aromatic rings. The first-order valence-electron chi connectivity index (χ1n) is 10.2. The van der Waals surface area contributed by atoms with Crippen LogP contribution in [0.1, 0.15) is 26.3 Å². The first-order valence-corrected chi connectivity index (χ1v) is 10.2. The highest BCUT2D eigenvalue weighted by atomic mass is 16.5. The fraction of sp³-hybridized carbons (Fsp3) is 0.200. The molecule has 4 rings (SSSR count). The number of nitrogens with zero attached hydrogens (tertiary/aromatic N) is 1. The van der Waals surface area contributed by atoms with Gasteiger partial charge < -0.3 is 24.4 Å². The molecule has 0 fully saturated rings. The number of benzene rings is 3. The van der Waals surface area contributed by atoms with Gasteiger partial charge in [-0.3, -0.25) is 9.59 Å². The van der Waals surface area contributed by atoms with E-state index in [4.69, 9.17) is 14.2 Å². The van der Waals surface area contributed by atoms with Crippen LogP contribution < -0.4 is 24.4 Å². The molecule has 0 radical (unpaired) electrons. The Hall–Kier alpha value is -4.00. The van der Waals surface area contributed by atoms with E-state index >= 15 is 0 Å². The first-order chi connectivity index (χ1) is 15.5. The van der Waals surface area contributed by atoms with E-state index in [0.29, 0.717) is 40.6 Å². The zero-order valence-corrected chi connectivity index (χ0v) is 18.2. The molecule has 2 amide bonds. The molecule has 0 spiro atoms. The van der Waals surface area contributed by atoms with Gasteiger partial charge in [0.2, 0.25) is 0 Å². The van der Waals surface area contributed by atoms with Crippen molar-refractivity contribution in [3.8, 4) is 17.2 Å². The average Bonchev–Trinajstić information content (AvgIpc) is 3.27. The molecule has 0 aromatic heterocycles. The van der Waals surface area contributed by atoms with Crippen molar-refractivity contribution < 1.29 is 23.8 Å². The highest BCUT2D eigenvalue weighted by molar-refractivity contribution is 6.09. The third kappa shape index (κ3) is 3.97. The lowest BCUT2D eigenvalue weighted by Gasteiger charge is -2.17. The first kappa shape index (κ1) is 21.2. The number of amides is 2. The van der Waals surface area contributed by atoms with Gasteiger partial charge in [0.1, 0.15) is 5.75 Å². The summed E-state index contributed by atoms with van der Waals surface area (Å²) in [5.74, 6) is 0.821. The van der Waals surface area contributed by atoms with E-state index in [9.17, 15) is 9.59 Å². The summed E-state index contributed by atoms with van der Waals surface area (Å²) >= 11 is 0. The number of hydrogen-bond acceptors (Lipinski definition) is 5. The maximum absolute atomic E-state index is 13.0. The lowest BCUT2D eigenvalue weighted by Crippen LogP contribution is -2.28. The average molecular weight is 432 g/mol. The molecule has 0 atom stereocenters. The SMILES string of the molecule is COc1cc(OC)c(C(=O)Nc2ccc(C(=O)N3CCc4ccccc43)cc2)cc1OC. The fourth-order valence-corrected chi connectivity index (χ4v) is 3.81. The van der Waals surface area contributed by atoms with Gasteiger partial charge in [0.15, 0.2) is 11.5 Å². The molecular weight excluding hydrogens is 408 g/mol. The van der Waals surface area contributed by atoms with E-state index in [1.807, 2.05) is 24.3 Å². The summed E-state index contributed by atoms with van der Waals surface area (Å²) in [5, 5.41) is 2.83. The Morgan fingerprint density at radius 2 is 1.50 bits per heavy atom. The lowest BCUT2D eigenvalue weighted by molar-refractivity contribution is 0.0988. The maximum atomic E-state index is 13.0. The summed E-state index contributed by atoms with van der Waals surface area (Å²) < 4.78 is 15.9. The van der Waals surface area contributed by atoms with E-state index in [-0.39, 0.29) is 11.8 Å². The van der Waals surface area contributed by atoms with Crippen LogP contribution in [0.3, 0.4) is 0 Å². The van der Waals surface area contributed by atoms with E-state index in [0.717, 1.165) is 12.1 Å². The molecule has 164 valence electrons. The minimum atomic E-state index is -0.365. The van der Waals surface area contributed by atoms with Gasteiger partial charge in [-0.25, -0.2) is 0 Å². The molecule has 0 saturated heterocycles. The van der Waals surface area contributed by atoms with Gasteiger partial charge >= 0.3 is 0 Å². The van der Waals surface area contributed by atoms with Gasteiger partial charge in [0, 0.05) is 35.6 Å². The van der Waals surface area contributed by atoms with E-state index < -0.39 is 0 Å². The van der Waals surface area contributed by atoms with Gasteiger partial charge in [-0.15, -0.1) is 0 Å². The Labute approximate surface area is 186 Å². The Morgan fingerprint density at radius 3 is 2.19 bits per heavy atom. The number of nitrogens with one attached hydrogen (secondary N) is 1. The van der Waals surface area contributed by atoms with Crippen molar-refractivity contribution in [1.82, 2.24) is 0 Å². The van der Waals surface area contributed by atoms with E-state index in [1.54, 1.807) is 41.3 Å². The van der Waals surface area contributed by atoms with Crippen LogP contribution in [-0.4, -0.2) is 39.7 Å². The number of carbonyl (C=O) groups is 2. The van der Waals surface area contributed by atoms with Gasteiger partial charge in [-0.2, -0.15) is 0 Å². The van der Waals surface area contributed by atoms with Crippen LogP contribution in [0.2, 0.25) is 0 Å². The summed E-state index contributed by atoms with van der Waals surface area (Å²) in [5.41, 5.74) is 3.55. The third-order valence-electron chi connectivity index (χ3n) is 5.47. The second-order valence-electron chi connectivity index (χ2n) is 7.27. The number of fused-ring (bicyclic) bond motifs is 1. The summed E-state index contributed by atoms with van der Waals surface area (Å²) in [6.45, 7) is 0.662. The minimum Gasteiger partial charge on any atom is -0.496 e. The molecular formula is C25H24N2O5. The lowest BCUT2D eigenvalue weighted by atomic mass is 10.1. The van der Waals surface area contributed by atoms with Crippen molar-refractivity contribution >= 4 is 23.2 Å². The van der Waals surface area contributed by atoms with Crippen molar-refractivity contribution in [2.75, 3.05) is 38.1 Å². The molecule has 0 saturated carbocycles. The number of carbonyl (C=O) groups excluding carboxylic acids is 2. The van der Waals surface area contributed by atoms with Gasteiger partial charge in [0.25, 0.3) is 11.8 Å². The Balaban J connectivity index is 1.51. The normalized spacial score (nSPS) is 12.2. The number of hydrogen-bond donors (Lipinski definition) is 1. The Kier molecular flexibility index (Phi) is 5.98. The molecule has 1 heterocycles. The number of ether oxygens (including phenoxy) is 3. The third-order valence-corrected chi connectivity index (χ3v) is 5.47. The van der Waals surface area contributed by atoms with Gasteiger partial charge in [-0.1, -0.05) is 18.2 Å². The topological polar surface area (TPSA) is 77.1 Å². The summed E-state index contributed by atoms with van der Waals surface area (Å²) in [7, 11) is 4.50. The summed E-state index contributed by atoms with van der Waals surface area (Å²) in [6, 6.07) is 17.9. The van der Waals surface area contributed by atoms with Crippen molar-refractivity contribution in [2.24, 2.45) is 0 Å².